The van der Waals surface area contributed by atoms with Crippen LogP contribution in [-0.2, 0) is 7.05 Å². The van der Waals surface area contributed by atoms with Crippen molar-refractivity contribution in [2.45, 2.75) is 56.7 Å². The number of likely N-dealkylation sites (N-methyl/N-ethyl adjacent to an activating group) is 2. The number of amides is 1. The second-order valence-corrected chi connectivity index (χ2v) is 12.7. The summed E-state index contributed by atoms with van der Waals surface area (Å²) in [5, 5.41) is 17.6. The fourth-order valence-corrected chi connectivity index (χ4v) is 6.61. The number of aromatic nitrogens is 5. The molecule has 1 amide bonds. The van der Waals surface area contributed by atoms with E-state index < -0.39 is 0 Å². The maximum atomic E-state index is 13.6. The summed E-state index contributed by atoms with van der Waals surface area (Å²) in [5.41, 5.74) is 5.13. The molecule has 1 aromatic carbocycles. The first kappa shape index (κ1) is 30.2. The lowest BCUT2D eigenvalue weighted by molar-refractivity contribution is 0.102. The highest BCUT2D eigenvalue weighted by Crippen LogP contribution is 2.36. The Morgan fingerprint density at radius 1 is 1.02 bits per heavy atom. The first-order chi connectivity index (χ1) is 21.2. The Morgan fingerprint density at radius 2 is 1.80 bits per heavy atom. The number of carbonyl (C=O) groups excluding carboxylic acids is 1. The van der Waals surface area contributed by atoms with Crippen molar-refractivity contribution in [2.24, 2.45) is 7.05 Å². The molecule has 44 heavy (non-hydrogen) atoms. The van der Waals surface area contributed by atoms with E-state index in [-0.39, 0.29) is 18.1 Å². The second kappa shape index (κ2) is 13.1. The Balaban J connectivity index is 1.25. The molecule has 2 fully saturated rings. The van der Waals surface area contributed by atoms with E-state index in [1.54, 1.807) is 29.2 Å². The topological polar surface area (TPSA) is 108 Å². The molecule has 234 valence electrons. The summed E-state index contributed by atoms with van der Waals surface area (Å²) in [6.07, 6.45) is 10.4. The standard InChI is InChI=1S/C33H45N9O2/c1-38(2)17-18-39(3)25-12-15-41(16-13-25)27-7-10-29-31(20-27)42(26-5-8-28(43)9-6-26)33(36-29)37-32(44)23-11-14-34-30(19-23)24-21-35-40(4)22-24/h7,10-11,14,19-22,25-26,28,43H,5-6,8-9,12-13,15-18H2,1-4H3,(H,36,37,44)/t26-,28+. The van der Waals surface area contributed by atoms with E-state index in [9.17, 15) is 9.90 Å². The van der Waals surface area contributed by atoms with Crippen LogP contribution in [0.4, 0.5) is 11.6 Å². The lowest BCUT2D eigenvalue weighted by Crippen LogP contribution is -2.45. The van der Waals surface area contributed by atoms with E-state index in [1.807, 2.05) is 13.2 Å². The van der Waals surface area contributed by atoms with Crippen LogP contribution in [0.3, 0.4) is 0 Å². The van der Waals surface area contributed by atoms with E-state index in [4.69, 9.17) is 4.98 Å². The van der Waals surface area contributed by atoms with E-state index in [1.165, 1.54) is 5.69 Å². The number of aliphatic hydroxyl groups is 1. The zero-order chi connectivity index (χ0) is 30.8. The number of rotatable bonds is 9. The highest BCUT2D eigenvalue weighted by atomic mass is 16.3. The summed E-state index contributed by atoms with van der Waals surface area (Å²) in [6, 6.07) is 10.7. The molecule has 1 saturated carbocycles. The lowest BCUT2D eigenvalue weighted by Gasteiger charge is -2.38. The average Bonchev–Trinajstić information content (AvgIpc) is 3.63. The number of anilines is 2. The third kappa shape index (κ3) is 6.64. The fourth-order valence-electron chi connectivity index (χ4n) is 6.61. The number of aliphatic hydroxyl groups excluding tert-OH is 1. The Hall–Kier alpha value is -3.80. The minimum Gasteiger partial charge on any atom is -0.393 e. The number of imidazole rings is 1. The maximum Gasteiger partial charge on any atom is 0.258 e. The molecule has 2 aliphatic rings. The number of piperidine rings is 1. The van der Waals surface area contributed by atoms with Crippen LogP contribution in [0.5, 0.6) is 0 Å². The van der Waals surface area contributed by atoms with Crippen LogP contribution in [-0.4, -0.2) is 105 Å². The SMILES string of the molecule is CN(C)CCN(C)C1CCN(c2ccc3nc(NC(=O)c4ccnc(-c5cnn(C)c5)c4)n([C@H]4CC[C@@H](O)CC4)c3c2)CC1. The number of nitrogens with one attached hydrogen (secondary N) is 1. The minimum atomic E-state index is -0.269. The smallest absolute Gasteiger partial charge is 0.258 e. The van der Waals surface area contributed by atoms with Gasteiger partial charge < -0.3 is 24.4 Å². The van der Waals surface area contributed by atoms with Crippen molar-refractivity contribution in [1.82, 2.24) is 34.1 Å². The molecule has 0 atom stereocenters. The molecule has 0 unspecified atom stereocenters. The van der Waals surface area contributed by atoms with E-state index in [0.717, 1.165) is 81.3 Å². The van der Waals surface area contributed by atoms with Crippen LogP contribution in [0, 0.1) is 0 Å². The van der Waals surface area contributed by atoms with Crippen molar-refractivity contribution < 1.29 is 9.90 Å². The fraction of sp³-hybridized carbons (Fsp3) is 0.515. The number of carbonyl (C=O) groups is 1. The molecule has 11 heteroatoms. The Kier molecular flexibility index (Phi) is 8.97. The molecular formula is C33H45N9O2. The zero-order valence-corrected chi connectivity index (χ0v) is 26.4. The molecular weight excluding hydrogens is 554 g/mol. The highest BCUT2D eigenvalue weighted by Gasteiger charge is 2.28. The Labute approximate surface area is 259 Å². The number of benzene rings is 1. The summed E-state index contributed by atoms with van der Waals surface area (Å²) in [5.74, 6) is 0.315. The van der Waals surface area contributed by atoms with Gasteiger partial charge in [0.2, 0.25) is 5.95 Å². The molecule has 6 rings (SSSR count). The third-order valence-electron chi connectivity index (χ3n) is 9.31. The summed E-state index contributed by atoms with van der Waals surface area (Å²) < 4.78 is 3.92. The Morgan fingerprint density at radius 3 is 2.50 bits per heavy atom. The van der Waals surface area contributed by atoms with E-state index in [0.29, 0.717) is 23.2 Å². The monoisotopic (exact) mass is 599 g/mol. The molecule has 1 aliphatic heterocycles. The number of hydrogen-bond acceptors (Lipinski definition) is 8. The molecule has 0 bridgehead atoms. The number of fused-ring (bicyclic) bond motifs is 1. The normalized spacial score (nSPS) is 19.8. The van der Waals surface area contributed by atoms with Crippen molar-refractivity contribution in [2.75, 3.05) is 57.5 Å². The largest absolute Gasteiger partial charge is 0.393 e. The summed E-state index contributed by atoms with van der Waals surface area (Å²) in [6.45, 7) is 4.17. The van der Waals surface area contributed by atoms with Gasteiger partial charge in [-0.05, 0) is 90.0 Å². The van der Waals surface area contributed by atoms with Crippen LogP contribution < -0.4 is 10.2 Å². The number of aryl methyl sites for hydroxylation is 1. The molecule has 1 saturated heterocycles. The van der Waals surface area contributed by atoms with Gasteiger partial charge in [-0.15, -0.1) is 0 Å². The van der Waals surface area contributed by atoms with Gasteiger partial charge in [0.15, 0.2) is 0 Å². The van der Waals surface area contributed by atoms with E-state index >= 15 is 0 Å². The first-order valence-electron chi connectivity index (χ1n) is 15.8. The van der Waals surface area contributed by atoms with Gasteiger partial charge in [0.1, 0.15) is 0 Å². The molecule has 3 aromatic heterocycles. The molecule has 0 radical (unpaired) electrons. The van der Waals surface area contributed by atoms with Gasteiger partial charge >= 0.3 is 0 Å². The molecule has 1 aliphatic carbocycles. The predicted octanol–water partition coefficient (Wildman–Crippen LogP) is 4.02. The summed E-state index contributed by atoms with van der Waals surface area (Å²) >= 11 is 0. The predicted molar refractivity (Wildman–Crippen MR) is 174 cm³/mol. The summed E-state index contributed by atoms with van der Waals surface area (Å²) in [7, 11) is 8.36. The van der Waals surface area contributed by atoms with Gasteiger partial charge in [-0.3, -0.25) is 19.8 Å². The molecule has 0 spiro atoms. The minimum absolute atomic E-state index is 0.147. The number of nitrogens with zero attached hydrogens (tertiary/aromatic N) is 8. The van der Waals surface area contributed by atoms with Crippen molar-refractivity contribution >= 4 is 28.6 Å². The van der Waals surface area contributed by atoms with Crippen molar-refractivity contribution in [3.8, 4) is 11.3 Å². The first-order valence-corrected chi connectivity index (χ1v) is 15.8. The second-order valence-electron chi connectivity index (χ2n) is 12.7. The molecule has 4 heterocycles. The van der Waals surface area contributed by atoms with Crippen LogP contribution in [0.15, 0.2) is 48.9 Å². The van der Waals surface area contributed by atoms with Crippen LogP contribution in [0.1, 0.15) is 54.9 Å². The molecule has 2 N–H and O–H groups in total. The van der Waals surface area contributed by atoms with Gasteiger partial charge in [-0.1, -0.05) is 0 Å². The van der Waals surface area contributed by atoms with Crippen molar-refractivity contribution in [3.05, 3.63) is 54.5 Å². The van der Waals surface area contributed by atoms with Gasteiger partial charge in [0.25, 0.3) is 5.91 Å². The quantitative estimate of drug-likeness (QED) is 0.297. The van der Waals surface area contributed by atoms with Crippen LogP contribution in [0.25, 0.3) is 22.3 Å². The van der Waals surface area contributed by atoms with E-state index in [2.05, 4.69) is 74.0 Å². The van der Waals surface area contributed by atoms with Gasteiger partial charge in [-0.25, -0.2) is 4.98 Å². The highest BCUT2D eigenvalue weighted by molar-refractivity contribution is 6.04. The van der Waals surface area contributed by atoms with Gasteiger partial charge in [0, 0.05) is 74.5 Å². The average molecular weight is 600 g/mol. The third-order valence-corrected chi connectivity index (χ3v) is 9.31. The van der Waals surface area contributed by atoms with Crippen molar-refractivity contribution in [3.63, 3.8) is 0 Å². The molecule has 4 aromatic rings. The number of pyridine rings is 1. The van der Waals surface area contributed by atoms with Crippen LogP contribution in [0.2, 0.25) is 0 Å². The maximum absolute atomic E-state index is 13.6. The zero-order valence-electron chi connectivity index (χ0n) is 26.4. The van der Waals surface area contributed by atoms with Gasteiger partial charge in [0.05, 0.1) is 29.0 Å². The van der Waals surface area contributed by atoms with Gasteiger partial charge in [-0.2, -0.15) is 5.10 Å². The Bertz CT molecular complexity index is 1580. The van der Waals surface area contributed by atoms with Crippen LogP contribution >= 0.6 is 0 Å². The summed E-state index contributed by atoms with van der Waals surface area (Å²) in [4.78, 5) is 30.2. The molecule has 11 nitrogen and oxygen atoms in total. The lowest BCUT2D eigenvalue weighted by atomic mass is 9.93. The van der Waals surface area contributed by atoms with Crippen molar-refractivity contribution in [1.29, 1.82) is 0 Å². The number of hydrogen-bond donors (Lipinski definition) is 2.